The maximum Gasteiger partial charge on any atom is 0.277 e. The number of carbonyl (C=O) groups excluding carboxylic acids is 2. The average Bonchev–Trinajstić information content (AvgIpc) is 3.61. The number of anilines is 1. The smallest absolute Gasteiger partial charge is 0.277 e. The molecule has 36 heavy (non-hydrogen) atoms. The normalized spacial score (nSPS) is 15.6. The summed E-state index contributed by atoms with van der Waals surface area (Å²) in [5.41, 5.74) is 9.40. The lowest BCUT2D eigenvalue weighted by atomic mass is 9.84. The molecule has 8 heteroatoms. The first-order valence-corrected chi connectivity index (χ1v) is 12.5. The molecule has 3 N–H and O–H groups in total. The molecule has 2 aliphatic rings. The number of primary amides is 1. The van der Waals surface area contributed by atoms with Crippen LogP contribution in [0.1, 0.15) is 58.8 Å². The monoisotopic (exact) mass is 487 g/mol. The highest BCUT2D eigenvalue weighted by molar-refractivity contribution is 6.09. The van der Waals surface area contributed by atoms with E-state index in [1.807, 2.05) is 12.1 Å². The number of hydrogen-bond acceptors (Lipinski definition) is 5. The first kappa shape index (κ1) is 24.1. The molecule has 1 saturated carbocycles. The Labute approximate surface area is 211 Å². The summed E-state index contributed by atoms with van der Waals surface area (Å²) in [6.07, 6.45) is 3.17. The number of aromatic nitrogens is 2. The van der Waals surface area contributed by atoms with Crippen molar-refractivity contribution in [3.63, 3.8) is 0 Å². The molecule has 2 aromatic carbocycles. The highest BCUT2D eigenvalue weighted by atomic mass is 16.5. The standard InChI is InChI=1S/C28H33N5O3/c1-28(2,17-30-16-18-4-5-18)19-6-8-20(9-7-19)32-15-14-23-24(26(29)34)31-33(25(23)27(32)35)21-10-12-22(36-3)13-11-21/h6-13,18,30H,4-5,14-17H2,1-3H3,(H2,29,34). The van der Waals surface area contributed by atoms with E-state index in [0.29, 0.717) is 35.7 Å². The molecule has 0 radical (unpaired) electrons. The van der Waals surface area contributed by atoms with Crippen LogP contribution in [-0.2, 0) is 11.8 Å². The summed E-state index contributed by atoms with van der Waals surface area (Å²) in [6.45, 7) is 6.91. The Kier molecular flexibility index (Phi) is 6.30. The predicted octanol–water partition coefficient (Wildman–Crippen LogP) is 3.46. The Morgan fingerprint density at radius 3 is 2.39 bits per heavy atom. The Morgan fingerprint density at radius 1 is 1.11 bits per heavy atom. The van der Waals surface area contributed by atoms with Gasteiger partial charge in [-0.15, -0.1) is 0 Å². The van der Waals surface area contributed by atoms with E-state index in [0.717, 1.165) is 24.7 Å². The lowest BCUT2D eigenvalue weighted by Gasteiger charge is -2.29. The molecule has 0 atom stereocenters. The highest BCUT2D eigenvalue weighted by Crippen LogP contribution is 2.32. The van der Waals surface area contributed by atoms with Gasteiger partial charge in [-0.1, -0.05) is 26.0 Å². The third-order valence-corrected chi connectivity index (χ3v) is 7.22. The summed E-state index contributed by atoms with van der Waals surface area (Å²) in [4.78, 5) is 27.6. The average molecular weight is 488 g/mol. The van der Waals surface area contributed by atoms with Crippen LogP contribution in [0.3, 0.4) is 0 Å². The van der Waals surface area contributed by atoms with Crippen LogP contribution in [0.2, 0.25) is 0 Å². The third kappa shape index (κ3) is 4.60. The van der Waals surface area contributed by atoms with Gasteiger partial charge >= 0.3 is 0 Å². The summed E-state index contributed by atoms with van der Waals surface area (Å²) in [7, 11) is 1.59. The fourth-order valence-corrected chi connectivity index (χ4v) is 4.82. The van der Waals surface area contributed by atoms with E-state index in [2.05, 4.69) is 36.4 Å². The van der Waals surface area contributed by atoms with E-state index in [9.17, 15) is 9.59 Å². The second-order valence-corrected chi connectivity index (χ2v) is 10.4. The molecule has 3 aromatic rings. The minimum Gasteiger partial charge on any atom is -0.497 e. The van der Waals surface area contributed by atoms with Gasteiger partial charge < -0.3 is 20.7 Å². The minimum absolute atomic E-state index is 0.0180. The second-order valence-electron chi connectivity index (χ2n) is 10.4. The van der Waals surface area contributed by atoms with Gasteiger partial charge in [0.05, 0.1) is 12.8 Å². The van der Waals surface area contributed by atoms with E-state index >= 15 is 0 Å². The lowest BCUT2D eigenvalue weighted by molar-refractivity contribution is 0.0972. The second kappa shape index (κ2) is 9.43. The summed E-state index contributed by atoms with van der Waals surface area (Å²) < 4.78 is 6.76. The third-order valence-electron chi connectivity index (χ3n) is 7.22. The van der Waals surface area contributed by atoms with Crippen molar-refractivity contribution in [2.45, 2.75) is 38.5 Å². The summed E-state index contributed by atoms with van der Waals surface area (Å²) in [5.74, 6) is 0.694. The molecule has 0 unspecified atom stereocenters. The topological polar surface area (TPSA) is 102 Å². The van der Waals surface area contributed by atoms with Crippen molar-refractivity contribution in [3.8, 4) is 11.4 Å². The predicted molar refractivity (Wildman–Crippen MR) is 139 cm³/mol. The molecule has 0 saturated heterocycles. The number of rotatable bonds is 9. The molecule has 1 aliphatic carbocycles. The summed E-state index contributed by atoms with van der Waals surface area (Å²) >= 11 is 0. The Balaban J connectivity index is 1.41. The van der Waals surface area contributed by atoms with Crippen molar-refractivity contribution in [1.82, 2.24) is 15.1 Å². The van der Waals surface area contributed by atoms with Crippen LogP contribution >= 0.6 is 0 Å². The van der Waals surface area contributed by atoms with Crippen molar-refractivity contribution >= 4 is 17.5 Å². The van der Waals surface area contributed by atoms with Crippen molar-refractivity contribution in [1.29, 1.82) is 0 Å². The number of nitrogens with two attached hydrogens (primary N) is 1. The molecule has 1 fully saturated rings. The molecule has 0 bridgehead atoms. The summed E-state index contributed by atoms with van der Waals surface area (Å²) in [6, 6.07) is 15.4. The van der Waals surface area contributed by atoms with Crippen molar-refractivity contribution in [3.05, 3.63) is 71.0 Å². The van der Waals surface area contributed by atoms with E-state index in [4.69, 9.17) is 10.5 Å². The molecular weight excluding hydrogens is 454 g/mol. The molecule has 2 heterocycles. The van der Waals surface area contributed by atoms with Crippen molar-refractivity contribution in [2.75, 3.05) is 31.6 Å². The number of methoxy groups -OCH3 is 1. The van der Waals surface area contributed by atoms with Gasteiger partial charge in [0.1, 0.15) is 11.4 Å². The largest absolute Gasteiger partial charge is 0.497 e. The van der Waals surface area contributed by atoms with Crippen LogP contribution < -0.4 is 20.7 Å². The molecule has 2 amide bonds. The molecule has 5 rings (SSSR count). The number of nitrogens with zero attached hydrogens (tertiary/aromatic N) is 3. The van der Waals surface area contributed by atoms with E-state index in [1.54, 1.807) is 36.3 Å². The molecular formula is C28H33N5O3. The van der Waals surface area contributed by atoms with E-state index in [1.165, 1.54) is 23.1 Å². The molecule has 8 nitrogen and oxygen atoms in total. The van der Waals surface area contributed by atoms with Gasteiger partial charge in [0, 0.05) is 29.8 Å². The van der Waals surface area contributed by atoms with Crippen LogP contribution in [0, 0.1) is 5.92 Å². The van der Waals surface area contributed by atoms with Gasteiger partial charge in [-0.2, -0.15) is 5.10 Å². The molecule has 0 spiro atoms. The van der Waals surface area contributed by atoms with Gasteiger partial charge in [-0.05, 0) is 73.7 Å². The van der Waals surface area contributed by atoms with E-state index in [-0.39, 0.29) is 17.0 Å². The van der Waals surface area contributed by atoms with Crippen LogP contribution in [0.15, 0.2) is 48.5 Å². The number of ether oxygens (including phenoxy) is 1. The maximum absolute atomic E-state index is 13.7. The van der Waals surface area contributed by atoms with Gasteiger partial charge in [0.2, 0.25) is 0 Å². The first-order chi connectivity index (χ1) is 17.3. The van der Waals surface area contributed by atoms with Crippen LogP contribution in [0.4, 0.5) is 5.69 Å². The van der Waals surface area contributed by atoms with E-state index < -0.39 is 5.91 Å². The quantitative estimate of drug-likeness (QED) is 0.481. The number of nitrogens with one attached hydrogen (secondary N) is 1. The molecule has 1 aliphatic heterocycles. The van der Waals surface area contributed by atoms with Crippen LogP contribution in [-0.4, -0.2) is 48.3 Å². The Hall–Kier alpha value is -3.65. The minimum atomic E-state index is -0.637. The fraction of sp³-hybridized carbons (Fsp3) is 0.393. The Morgan fingerprint density at radius 2 is 1.78 bits per heavy atom. The maximum atomic E-state index is 13.7. The lowest BCUT2D eigenvalue weighted by Crippen LogP contribution is -2.39. The fourth-order valence-electron chi connectivity index (χ4n) is 4.82. The number of carbonyl (C=O) groups is 2. The van der Waals surface area contributed by atoms with Gasteiger partial charge in [-0.3, -0.25) is 9.59 Å². The summed E-state index contributed by atoms with van der Waals surface area (Å²) in [5, 5.41) is 8.04. The molecule has 188 valence electrons. The SMILES string of the molecule is COc1ccc(-n2nc(C(N)=O)c3c2C(=O)N(c2ccc(C(C)(C)CNCC4CC4)cc2)CC3)cc1. The first-order valence-electron chi connectivity index (χ1n) is 12.5. The zero-order chi connectivity index (χ0) is 25.4. The zero-order valence-corrected chi connectivity index (χ0v) is 21.1. The van der Waals surface area contributed by atoms with Crippen molar-refractivity contribution < 1.29 is 14.3 Å². The van der Waals surface area contributed by atoms with Gasteiger partial charge in [-0.25, -0.2) is 4.68 Å². The number of hydrogen-bond donors (Lipinski definition) is 2. The number of benzene rings is 2. The van der Waals surface area contributed by atoms with Gasteiger partial charge in [0.15, 0.2) is 5.69 Å². The zero-order valence-electron chi connectivity index (χ0n) is 21.1. The number of fused-ring (bicyclic) bond motifs is 1. The van der Waals surface area contributed by atoms with Gasteiger partial charge in [0.25, 0.3) is 11.8 Å². The van der Waals surface area contributed by atoms with Crippen molar-refractivity contribution in [2.24, 2.45) is 11.7 Å². The Bertz CT molecular complexity index is 1270. The van der Waals surface area contributed by atoms with Crippen LogP contribution in [0.5, 0.6) is 5.75 Å². The molecule has 1 aromatic heterocycles. The van der Waals surface area contributed by atoms with Crippen LogP contribution in [0.25, 0.3) is 5.69 Å². The number of amides is 2. The highest BCUT2D eigenvalue weighted by Gasteiger charge is 2.35.